The van der Waals surface area contributed by atoms with E-state index >= 15 is 0 Å². The van der Waals surface area contributed by atoms with Crippen molar-refractivity contribution < 1.29 is 20.1 Å². The summed E-state index contributed by atoms with van der Waals surface area (Å²) in [4.78, 5) is 50.4. The van der Waals surface area contributed by atoms with E-state index < -0.39 is 43.9 Å². The topological polar surface area (TPSA) is 246 Å². The summed E-state index contributed by atoms with van der Waals surface area (Å²) < 4.78 is 0. The first kappa shape index (κ1) is 27.5. The Labute approximate surface area is 229 Å². The summed E-state index contributed by atoms with van der Waals surface area (Å²) in [5, 5.41) is 66.7. The molecule has 0 bridgehead atoms. The van der Waals surface area contributed by atoms with Gasteiger partial charge in [-0.15, -0.1) is 0 Å². The molecule has 0 saturated heterocycles. The molecule has 2 N–H and O–H groups in total. The van der Waals surface area contributed by atoms with Crippen molar-refractivity contribution in [1.82, 2.24) is 9.97 Å². The molecule has 0 saturated carbocycles. The third-order valence-electron chi connectivity index (χ3n) is 5.40. The molecular formula is C24H10N6O8S2-2. The third-order valence-corrected chi connectivity index (χ3v) is 7.84. The Morgan fingerprint density at radius 3 is 1.40 bits per heavy atom. The van der Waals surface area contributed by atoms with Crippen molar-refractivity contribution in [3.8, 4) is 46.2 Å². The van der Waals surface area contributed by atoms with Crippen LogP contribution in [0.1, 0.15) is 11.1 Å². The Balaban J connectivity index is 1.93. The highest BCUT2D eigenvalue weighted by molar-refractivity contribution is 8.76. The number of nitriles is 2. The Hall–Kier alpha value is -5.58. The quantitative estimate of drug-likeness (QED) is 0.184. The van der Waals surface area contributed by atoms with Crippen LogP contribution in [0.4, 0.5) is 11.4 Å². The minimum absolute atomic E-state index is 0.00233. The van der Waals surface area contributed by atoms with Crippen LogP contribution in [0.25, 0.3) is 22.3 Å². The van der Waals surface area contributed by atoms with Gasteiger partial charge in [-0.1, -0.05) is 24.3 Å². The average Bonchev–Trinajstić information content (AvgIpc) is 2.92. The van der Waals surface area contributed by atoms with E-state index in [1.807, 2.05) is 9.97 Å². The van der Waals surface area contributed by atoms with Crippen molar-refractivity contribution in [2.75, 3.05) is 0 Å². The number of nitro groups is 2. The largest absolute Gasteiger partial charge is 0.859 e. The van der Waals surface area contributed by atoms with Gasteiger partial charge < -0.3 is 20.2 Å². The van der Waals surface area contributed by atoms with Crippen LogP contribution in [0, 0.1) is 42.9 Å². The van der Waals surface area contributed by atoms with Gasteiger partial charge in [0.25, 0.3) is 22.5 Å². The van der Waals surface area contributed by atoms with Crippen LogP contribution >= 0.6 is 21.6 Å². The van der Waals surface area contributed by atoms with E-state index in [0.29, 0.717) is 21.6 Å². The van der Waals surface area contributed by atoms with Gasteiger partial charge in [0.2, 0.25) is 0 Å². The molecule has 40 heavy (non-hydrogen) atoms. The van der Waals surface area contributed by atoms with Crippen molar-refractivity contribution in [3.63, 3.8) is 0 Å². The highest BCUT2D eigenvalue weighted by atomic mass is 33.1. The summed E-state index contributed by atoms with van der Waals surface area (Å²) in [5.41, 5.74) is -4.23. The van der Waals surface area contributed by atoms with Gasteiger partial charge in [-0.05, 0) is 44.5 Å². The summed E-state index contributed by atoms with van der Waals surface area (Å²) in [7, 11) is 1.16. The summed E-state index contributed by atoms with van der Waals surface area (Å²) >= 11 is 0. The first-order valence-corrected chi connectivity index (χ1v) is 12.8. The van der Waals surface area contributed by atoms with Gasteiger partial charge in [0, 0.05) is 35.4 Å². The second-order valence-electron chi connectivity index (χ2n) is 7.73. The van der Waals surface area contributed by atoms with E-state index in [2.05, 4.69) is 0 Å². The average molecular weight is 575 g/mol. The molecule has 0 radical (unpaired) electrons. The molecule has 0 fully saturated rings. The van der Waals surface area contributed by atoms with E-state index in [1.54, 1.807) is 12.1 Å². The number of hydrogen-bond acceptors (Lipinski definition) is 12. The van der Waals surface area contributed by atoms with Crippen LogP contribution in [-0.2, 0) is 0 Å². The minimum Gasteiger partial charge on any atom is -0.859 e. The summed E-state index contributed by atoms with van der Waals surface area (Å²) in [6, 6.07) is 13.1. The molecule has 4 aromatic rings. The van der Waals surface area contributed by atoms with Crippen LogP contribution in [0.2, 0.25) is 0 Å². The molecule has 14 nitrogen and oxygen atoms in total. The number of hydrogen-bond donors (Lipinski definition) is 2. The summed E-state index contributed by atoms with van der Waals surface area (Å²) in [6.45, 7) is 0. The zero-order valence-corrected chi connectivity index (χ0v) is 21.1. The van der Waals surface area contributed by atoms with E-state index in [9.17, 15) is 50.6 Å². The van der Waals surface area contributed by atoms with E-state index in [-0.39, 0.29) is 43.4 Å². The predicted molar refractivity (Wildman–Crippen MR) is 138 cm³/mol. The molecule has 0 unspecified atom stereocenters. The number of H-pyrrole nitrogens is 2. The van der Waals surface area contributed by atoms with Crippen LogP contribution < -0.4 is 21.3 Å². The number of benzene rings is 2. The van der Waals surface area contributed by atoms with Crippen molar-refractivity contribution in [1.29, 1.82) is 10.5 Å². The molecule has 0 atom stereocenters. The van der Waals surface area contributed by atoms with Crippen LogP contribution in [0.3, 0.4) is 0 Å². The van der Waals surface area contributed by atoms with Gasteiger partial charge in [0.1, 0.15) is 12.1 Å². The van der Waals surface area contributed by atoms with Gasteiger partial charge >= 0.3 is 0 Å². The van der Waals surface area contributed by atoms with Gasteiger partial charge in [-0.3, -0.25) is 29.8 Å². The molecule has 2 heterocycles. The van der Waals surface area contributed by atoms with Crippen LogP contribution in [0.15, 0.2) is 67.9 Å². The maximum Gasteiger partial charge on any atom is 0.270 e. The number of pyridine rings is 2. The normalized spacial score (nSPS) is 10.4. The monoisotopic (exact) mass is 574 g/mol. The first-order valence-electron chi connectivity index (χ1n) is 10.7. The number of nitrogens with zero attached hydrogens (tertiary/aromatic N) is 4. The molecular weight excluding hydrogens is 564 g/mol. The maximum absolute atomic E-state index is 12.9. The summed E-state index contributed by atoms with van der Waals surface area (Å²) in [5.74, 6) is -2.08. The molecule has 0 aliphatic rings. The molecule has 0 amide bonds. The van der Waals surface area contributed by atoms with Crippen molar-refractivity contribution in [3.05, 3.63) is 101 Å². The highest BCUT2D eigenvalue weighted by Crippen LogP contribution is 2.46. The van der Waals surface area contributed by atoms with Gasteiger partial charge in [0.05, 0.1) is 30.8 Å². The SMILES string of the molecule is N#Cc1c([O-])[nH]c(=O)c(SSc2c(-c3cccc([N+](=O)[O-])c3)c(C#N)c([O-])[nH]c2=O)c1-c1cccc([N+](=O)[O-])c1. The molecule has 4 rings (SSSR count). The molecule has 0 spiro atoms. The summed E-state index contributed by atoms with van der Waals surface area (Å²) in [6.07, 6.45) is 0. The van der Waals surface area contributed by atoms with Gasteiger partial charge in [-0.2, -0.15) is 10.5 Å². The second-order valence-corrected chi connectivity index (χ2v) is 9.88. The van der Waals surface area contributed by atoms with Crippen LogP contribution in [-0.4, -0.2) is 19.8 Å². The highest BCUT2D eigenvalue weighted by Gasteiger charge is 2.23. The number of nitrogens with one attached hydrogen (secondary N) is 2. The molecule has 2 aromatic heterocycles. The number of aromatic nitrogens is 2. The van der Waals surface area contributed by atoms with Gasteiger partial charge in [-0.25, -0.2) is 0 Å². The van der Waals surface area contributed by atoms with Crippen molar-refractivity contribution in [2.24, 2.45) is 0 Å². The Bertz CT molecular complexity index is 1780. The zero-order valence-electron chi connectivity index (χ0n) is 19.5. The van der Waals surface area contributed by atoms with E-state index in [1.165, 1.54) is 36.4 Å². The lowest BCUT2D eigenvalue weighted by atomic mass is 10.0. The second kappa shape index (κ2) is 11.0. The van der Waals surface area contributed by atoms with E-state index in [0.717, 1.165) is 12.1 Å². The Kier molecular flexibility index (Phi) is 7.57. The Morgan fingerprint density at radius 1 is 0.700 bits per heavy atom. The van der Waals surface area contributed by atoms with Gasteiger partial charge in [0.15, 0.2) is 0 Å². The van der Waals surface area contributed by atoms with E-state index in [4.69, 9.17) is 0 Å². The zero-order chi connectivity index (χ0) is 29.1. The fourth-order valence-corrected chi connectivity index (χ4v) is 6.16. The smallest absolute Gasteiger partial charge is 0.270 e. The molecule has 198 valence electrons. The standard InChI is InChI=1S/C24H12N6O8S2/c25-9-15-17(11-3-1-5-13(7-11)29(35)36)19(23(33)27-21(15)31)39-40-20-18(16(10-26)22(32)28-24(20)34)12-4-2-6-14(8-12)30(37)38/h1-8H,(H2,27,31,33)(H2,28,32,34)/p-2. The first-order chi connectivity index (χ1) is 19.1. The van der Waals surface area contributed by atoms with Crippen LogP contribution in [0.5, 0.6) is 11.8 Å². The number of rotatable bonds is 7. The number of aromatic amines is 2. The fraction of sp³-hybridized carbons (Fsp3) is 0. The molecule has 2 aromatic carbocycles. The molecule has 0 aliphatic heterocycles. The maximum atomic E-state index is 12.9. The Morgan fingerprint density at radius 2 is 1.07 bits per heavy atom. The fourth-order valence-electron chi connectivity index (χ4n) is 3.68. The third kappa shape index (κ3) is 5.07. The van der Waals surface area contributed by atoms with Crippen molar-refractivity contribution >= 4 is 33.0 Å². The lowest BCUT2D eigenvalue weighted by Gasteiger charge is -2.18. The number of nitro benzene ring substituents is 2. The lowest BCUT2D eigenvalue weighted by Crippen LogP contribution is -2.16. The predicted octanol–water partition coefficient (Wildman–Crippen LogP) is 2.90. The van der Waals surface area contributed by atoms with Crippen molar-refractivity contribution in [2.45, 2.75) is 9.79 Å². The lowest BCUT2D eigenvalue weighted by molar-refractivity contribution is -0.385. The minimum atomic E-state index is -1.04. The number of non-ortho nitro benzene ring substituents is 2. The molecule has 0 aliphatic carbocycles. The molecule has 16 heteroatoms.